The quantitative estimate of drug-likeness (QED) is 0.689. The predicted molar refractivity (Wildman–Crippen MR) is 71.0 cm³/mol. The number of ether oxygens (including phenoxy) is 1. The Hall–Kier alpha value is -1.72. The predicted octanol–water partition coefficient (Wildman–Crippen LogP) is 3.32. The third-order valence-corrected chi connectivity index (χ3v) is 3.25. The van der Waals surface area contributed by atoms with E-state index in [1.54, 1.807) is 5.51 Å². The molecule has 0 spiro atoms. The van der Waals surface area contributed by atoms with E-state index in [-0.39, 0.29) is 5.28 Å². The lowest BCUT2D eigenvalue weighted by Crippen LogP contribution is -1.98. The molecular formula is C12H8ClN3OS. The van der Waals surface area contributed by atoms with Crippen LogP contribution < -0.4 is 4.74 Å². The normalized spacial score (nSPS) is 10.7. The van der Waals surface area contributed by atoms with E-state index in [1.165, 1.54) is 11.3 Å². The van der Waals surface area contributed by atoms with Crippen LogP contribution in [0.15, 0.2) is 35.8 Å². The Morgan fingerprint density at radius 1 is 1.17 bits per heavy atom. The van der Waals surface area contributed by atoms with Crippen molar-refractivity contribution in [3.8, 4) is 5.88 Å². The fourth-order valence-corrected chi connectivity index (χ4v) is 2.40. The Balaban J connectivity index is 1.88. The van der Waals surface area contributed by atoms with Crippen LogP contribution in [-0.2, 0) is 6.61 Å². The van der Waals surface area contributed by atoms with Crippen LogP contribution in [0.5, 0.6) is 5.88 Å². The van der Waals surface area contributed by atoms with Crippen LogP contribution in [0.4, 0.5) is 0 Å². The van der Waals surface area contributed by atoms with E-state index >= 15 is 0 Å². The highest BCUT2D eigenvalue weighted by Gasteiger charge is 2.10. The molecule has 90 valence electrons. The summed E-state index contributed by atoms with van der Waals surface area (Å²) >= 11 is 7.25. The van der Waals surface area contributed by atoms with Crippen molar-refractivity contribution in [2.75, 3.05) is 0 Å². The van der Waals surface area contributed by atoms with Crippen molar-refractivity contribution in [3.05, 3.63) is 46.7 Å². The van der Waals surface area contributed by atoms with Crippen molar-refractivity contribution in [2.45, 2.75) is 6.61 Å². The second-order valence-electron chi connectivity index (χ2n) is 3.58. The molecular weight excluding hydrogens is 270 g/mol. The second kappa shape index (κ2) is 4.88. The molecule has 1 aromatic carbocycles. The number of benzene rings is 1. The lowest BCUT2D eigenvalue weighted by molar-refractivity contribution is 0.297. The zero-order chi connectivity index (χ0) is 12.4. The first-order valence-electron chi connectivity index (χ1n) is 5.26. The Bertz CT molecular complexity index is 671. The first-order valence-corrected chi connectivity index (χ1v) is 6.52. The van der Waals surface area contributed by atoms with Crippen molar-refractivity contribution >= 4 is 33.3 Å². The van der Waals surface area contributed by atoms with Gasteiger partial charge in [-0.3, -0.25) is 0 Å². The summed E-state index contributed by atoms with van der Waals surface area (Å²) in [6.07, 6.45) is 0. The zero-order valence-electron chi connectivity index (χ0n) is 9.21. The smallest absolute Gasteiger partial charge is 0.246 e. The largest absolute Gasteiger partial charge is 0.471 e. The van der Waals surface area contributed by atoms with E-state index in [0.717, 1.165) is 10.4 Å². The summed E-state index contributed by atoms with van der Waals surface area (Å²) in [5, 5.41) is 0.176. The molecule has 4 nitrogen and oxygen atoms in total. The Kier molecular flexibility index (Phi) is 3.08. The van der Waals surface area contributed by atoms with Crippen LogP contribution in [0.3, 0.4) is 0 Å². The summed E-state index contributed by atoms with van der Waals surface area (Å²) in [6, 6.07) is 9.86. The molecule has 6 heteroatoms. The molecule has 3 rings (SSSR count). The molecule has 2 heterocycles. The van der Waals surface area contributed by atoms with E-state index in [0.29, 0.717) is 18.0 Å². The minimum absolute atomic E-state index is 0.176. The summed E-state index contributed by atoms with van der Waals surface area (Å²) in [7, 11) is 0. The van der Waals surface area contributed by atoms with Gasteiger partial charge in [0.1, 0.15) is 6.61 Å². The van der Waals surface area contributed by atoms with Gasteiger partial charge in [-0.1, -0.05) is 30.3 Å². The van der Waals surface area contributed by atoms with Crippen LogP contribution in [0.2, 0.25) is 5.28 Å². The number of nitrogens with zero attached hydrogens (tertiary/aromatic N) is 3. The average molecular weight is 278 g/mol. The molecule has 0 unspecified atom stereocenters. The SMILES string of the molecule is Clc1nc(OCc2ccccc2)c2ncsc2n1. The molecule has 0 saturated heterocycles. The number of thiazole rings is 1. The van der Waals surface area contributed by atoms with Gasteiger partial charge in [-0.2, -0.15) is 4.98 Å². The van der Waals surface area contributed by atoms with Crippen LogP contribution in [-0.4, -0.2) is 15.0 Å². The standard InChI is InChI=1S/C12H8ClN3OS/c13-12-15-10(9-11(16-12)18-7-14-9)17-6-8-4-2-1-3-5-8/h1-5,7H,6H2. The van der Waals surface area contributed by atoms with E-state index in [9.17, 15) is 0 Å². The molecule has 2 aromatic heterocycles. The monoisotopic (exact) mass is 277 g/mol. The molecule has 0 fully saturated rings. The summed E-state index contributed by atoms with van der Waals surface area (Å²) in [5.74, 6) is 0.426. The van der Waals surface area contributed by atoms with Crippen molar-refractivity contribution in [1.82, 2.24) is 15.0 Å². The van der Waals surface area contributed by atoms with Gasteiger partial charge in [0, 0.05) is 0 Å². The van der Waals surface area contributed by atoms with Gasteiger partial charge in [-0.15, -0.1) is 11.3 Å². The summed E-state index contributed by atoms with van der Waals surface area (Å²) < 4.78 is 5.65. The van der Waals surface area contributed by atoms with E-state index in [1.807, 2.05) is 30.3 Å². The molecule has 0 amide bonds. The highest BCUT2D eigenvalue weighted by molar-refractivity contribution is 7.16. The van der Waals surface area contributed by atoms with Gasteiger partial charge in [0.15, 0.2) is 10.3 Å². The van der Waals surface area contributed by atoms with Gasteiger partial charge < -0.3 is 4.74 Å². The van der Waals surface area contributed by atoms with Crippen LogP contribution in [0, 0.1) is 0 Å². The Morgan fingerprint density at radius 3 is 2.83 bits per heavy atom. The Morgan fingerprint density at radius 2 is 2.00 bits per heavy atom. The van der Waals surface area contributed by atoms with Crippen molar-refractivity contribution in [1.29, 1.82) is 0 Å². The molecule has 0 aliphatic heterocycles. The lowest BCUT2D eigenvalue weighted by Gasteiger charge is -2.05. The minimum atomic E-state index is 0.176. The number of hydrogen-bond acceptors (Lipinski definition) is 5. The fourth-order valence-electron chi connectivity index (χ4n) is 1.54. The molecule has 0 radical (unpaired) electrons. The molecule has 0 saturated carbocycles. The first-order chi connectivity index (χ1) is 8.83. The molecule has 18 heavy (non-hydrogen) atoms. The molecule has 0 N–H and O–H groups in total. The van der Waals surface area contributed by atoms with Gasteiger partial charge in [-0.05, 0) is 17.2 Å². The third kappa shape index (κ3) is 2.27. The maximum absolute atomic E-state index is 5.84. The highest BCUT2D eigenvalue weighted by atomic mass is 35.5. The maximum atomic E-state index is 5.84. The third-order valence-electron chi connectivity index (χ3n) is 2.36. The molecule has 0 aliphatic rings. The minimum Gasteiger partial charge on any atom is -0.471 e. The van der Waals surface area contributed by atoms with Crippen LogP contribution >= 0.6 is 22.9 Å². The van der Waals surface area contributed by atoms with Gasteiger partial charge in [0.2, 0.25) is 11.2 Å². The van der Waals surface area contributed by atoms with Crippen LogP contribution in [0.25, 0.3) is 10.3 Å². The topological polar surface area (TPSA) is 47.9 Å². The molecule has 0 aliphatic carbocycles. The summed E-state index contributed by atoms with van der Waals surface area (Å²) in [4.78, 5) is 13.1. The molecule has 0 atom stereocenters. The highest BCUT2D eigenvalue weighted by Crippen LogP contribution is 2.26. The summed E-state index contributed by atoms with van der Waals surface area (Å²) in [6.45, 7) is 0.431. The van der Waals surface area contributed by atoms with Gasteiger partial charge in [0.05, 0.1) is 5.51 Å². The number of halogens is 1. The maximum Gasteiger partial charge on any atom is 0.246 e. The van der Waals surface area contributed by atoms with Gasteiger partial charge >= 0.3 is 0 Å². The second-order valence-corrected chi connectivity index (χ2v) is 4.75. The first kappa shape index (κ1) is 11.4. The average Bonchev–Trinajstić information content (AvgIpc) is 2.85. The number of hydrogen-bond donors (Lipinski definition) is 0. The number of aromatic nitrogens is 3. The lowest BCUT2D eigenvalue weighted by atomic mass is 10.2. The number of rotatable bonds is 3. The van der Waals surface area contributed by atoms with E-state index in [4.69, 9.17) is 16.3 Å². The fraction of sp³-hybridized carbons (Fsp3) is 0.0833. The Labute approximate surface area is 112 Å². The van der Waals surface area contributed by atoms with E-state index < -0.39 is 0 Å². The van der Waals surface area contributed by atoms with Crippen molar-refractivity contribution in [2.24, 2.45) is 0 Å². The van der Waals surface area contributed by atoms with E-state index in [2.05, 4.69) is 15.0 Å². The zero-order valence-corrected chi connectivity index (χ0v) is 10.8. The van der Waals surface area contributed by atoms with Crippen molar-refractivity contribution in [3.63, 3.8) is 0 Å². The van der Waals surface area contributed by atoms with Crippen LogP contribution in [0.1, 0.15) is 5.56 Å². The van der Waals surface area contributed by atoms with Gasteiger partial charge in [-0.25, -0.2) is 9.97 Å². The number of fused-ring (bicyclic) bond motifs is 1. The summed E-state index contributed by atoms with van der Waals surface area (Å²) in [5.41, 5.74) is 3.42. The van der Waals surface area contributed by atoms with Gasteiger partial charge in [0.25, 0.3) is 0 Å². The molecule has 0 bridgehead atoms. The van der Waals surface area contributed by atoms with Crippen molar-refractivity contribution < 1.29 is 4.74 Å². The molecule has 3 aromatic rings.